The molecule has 0 aliphatic heterocycles. The molecule has 0 aliphatic rings. The molecule has 3 aromatic rings. The van der Waals surface area contributed by atoms with Crippen LogP contribution in [0, 0.1) is 5.82 Å². The van der Waals surface area contributed by atoms with Gasteiger partial charge in [0.15, 0.2) is 0 Å². The number of aromatic nitrogens is 1. The average Bonchev–Trinajstić information content (AvgIpc) is 3.05. The maximum absolute atomic E-state index is 13.2. The lowest BCUT2D eigenvalue weighted by Gasteiger charge is -2.05. The molecule has 20 heavy (non-hydrogen) atoms. The van der Waals surface area contributed by atoms with E-state index in [9.17, 15) is 9.18 Å². The molecule has 0 aliphatic carbocycles. The number of aryl methyl sites for hydroxylation is 1. The molecular formula is C15H13FN2O2. The predicted molar refractivity (Wildman–Crippen MR) is 72.8 cm³/mol. The van der Waals surface area contributed by atoms with Gasteiger partial charge < -0.3 is 14.3 Å². The molecule has 5 heteroatoms. The van der Waals surface area contributed by atoms with Gasteiger partial charge in [0.1, 0.15) is 17.3 Å². The van der Waals surface area contributed by atoms with Crippen LogP contribution in [0.1, 0.15) is 16.2 Å². The Morgan fingerprint density at radius 1 is 1.35 bits per heavy atom. The molecule has 0 fully saturated rings. The monoisotopic (exact) mass is 272 g/mol. The van der Waals surface area contributed by atoms with Gasteiger partial charge in [0.05, 0.1) is 18.3 Å². The van der Waals surface area contributed by atoms with E-state index in [0.29, 0.717) is 23.5 Å². The van der Waals surface area contributed by atoms with Crippen molar-refractivity contribution in [3.8, 4) is 0 Å². The number of nitrogens with one attached hydrogen (secondary N) is 1. The fourth-order valence-electron chi connectivity index (χ4n) is 2.19. The molecule has 0 saturated carbocycles. The second-order valence-electron chi connectivity index (χ2n) is 4.55. The molecule has 0 bridgehead atoms. The third-order valence-corrected chi connectivity index (χ3v) is 3.24. The molecule has 102 valence electrons. The van der Waals surface area contributed by atoms with Crippen LogP contribution in [0.15, 0.2) is 47.1 Å². The smallest absolute Gasteiger partial charge is 0.268 e. The van der Waals surface area contributed by atoms with Gasteiger partial charge in [0.25, 0.3) is 5.91 Å². The molecule has 3 rings (SSSR count). The zero-order valence-electron chi connectivity index (χ0n) is 10.9. The minimum absolute atomic E-state index is 0.222. The molecule has 4 nitrogen and oxygen atoms in total. The summed E-state index contributed by atoms with van der Waals surface area (Å²) in [5.74, 6) is 0.143. The van der Waals surface area contributed by atoms with Crippen LogP contribution < -0.4 is 5.32 Å². The normalized spacial score (nSPS) is 10.9. The SMILES string of the molecule is Cn1c(C(=O)NCc2ccco2)cc2ccc(F)cc21. The van der Waals surface area contributed by atoms with Crippen molar-refractivity contribution in [2.75, 3.05) is 0 Å². The molecule has 0 spiro atoms. The number of carbonyl (C=O) groups excluding carboxylic acids is 1. The number of hydrogen-bond donors (Lipinski definition) is 1. The Balaban J connectivity index is 1.86. The summed E-state index contributed by atoms with van der Waals surface area (Å²) in [4.78, 5) is 12.1. The van der Waals surface area contributed by atoms with Crippen LogP contribution >= 0.6 is 0 Å². The summed E-state index contributed by atoms with van der Waals surface area (Å²) < 4.78 is 20.1. The first-order valence-corrected chi connectivity index (χ1v) is 6.21. The van der Waals surface area contributed by atoms with Crippen molar-refractivity contribution < 1.29 is 13.6 Å². The van der Waals surface area contributed by atoms with E-state index < -0.39 is 0 Å². The zero-order valence-corrected chi connectivity index (χ0v) is 10.9. The molecule has 1 amide bonds. The van der Waals surface area contributed by atoms with Crippen LogP contribution in [0.4, 0.5) is 4.39 Å². The highest BCUT2D eigenvalue weighted by Gasteiger charge is 2.13. The second-order valence-corrected chi connectivity index (χ2v) is 4.55. The van der Waals surface area contributed by atoms with E-state index in [4.69, 9.17) is 4.42 Å². The fraction of sp³-hybridized carbons (Fsp3) is 0.133. The summed E-state index contributed by atoms with van der Waals surface area (Å²) in [5, 5.41) is 3.60. The fourth-order valence-corrected chi connectivity index (χ4v) is 2.19. The first-order chi connectivity index (χ1) is 9.65. The van der Waals surface area contributed by atoms with Crippen molar-refractivity contribution >= 4 is 16.8 Å². The number of rotatable bonds is 3. The Kier molecular flexibility index (Phi) is 3.02. The highest BCUT2D eigenvalue weighted by molar-refractivity contribution is 5.98. The molecular weight excluding hydrogens is 259 g/mol. The minimum Gasteiger partial charge on any atom is -0.467 e. The van der Waals surface area contributed by atoms with Crippen molar-refractivity contribution in [1.29, 1.82) is 0 Å². The van der Waals surface area contributed by atoms with Gasteiger partial charge in [0, 0.05) is 12.4 Å². The van der Waals surface area contributed by atoms with Crippen LogP contribution in [-0.2, 0) is 13.6 Å². The van der Waals surface area contributed by atoms with Gasteiger partial charge in [-0.05, 0) is 36.4 Å². The number of amides is 1. The quantitative estimate of drug-likeness (QED) is 0.797. The van der Waals surface area contributed by atoms with E-state index >= 15 is 0 Å². The predicted octanol–water partition coefficient (Wildman–Crippen LogP) is 2.84. The van der Waals surface area contributed by atoms with Crippen molar-refractivity contribution in [3.05, 3.63) is 59.9 Å². The second kappa shape index (κ2) is 4.85. The average molecular weight is 272 g/mol. The summed E-state index contributed by atoms with van der Waals surface area (Å²) in [5.41, 5.74) is 1.17. The summed E-state index contributed by atoms with van der Waals surface area (Å²) in [6, 6.07) is 9.75. The Morgan fingerprint density at radius 2 is 2.20 bits per heavy atom. The number of furan rings is 1. The summed E-state index contributed by atoms with van der Waals surface area (Å²) >= 11 is 0. The molecule has 2 aromatic heterocycles. The third-order valence-electron chi connectivity index (χ3n) is 3.24. The molecule has 0 radical (unpaired) electrons. The van der Waals surface area contributed by atoms with E-state index in [-0.39, 0.29) is 11.7 Å². The largest absolute Gasteiger partial charge is 0.467 e. The summed E-state index contributed by atoms with van der Waals surface area (Å²) in [7, 11) is 1.74. The van der Waals surface area contributed by atoms with Crippen molar-refractivity contribution in [2.45, 2.75) is 6.54 Å². The van der Waals surface area contributed by atoms with Crippen molar-refractivity contribution in [3.63, 3.8) is 0 Å². The molecule has 0 saturated heterocycles. The highest BCUT2D eigenvalue weighted by Crippen LogP contribution is 2.19. The number of nitrogens with zero attached hydrogens (tertiary/aromatic N) is 1. The first-order valence-electron chi connectivity index (χ1n) is 6.21. The molecule has 0 atom stereocenters. The van der Waals surface area contributed by atoms with Crippen molar-refractivity contribution in [2.24, 2.45) is 7.05 Å². The van der Waals surface area contributed by atoms with Crippen LogP contribution in [0.2, 0.25) is 0 Å². The first kappa shape index (κ1) is 12.5. The molecule has 0 unspecified atom stereocenters. The minimum atomic E-state index is -0.318. The highest BCUT2D eigenvalue weighted by atomic mass is 19.1. The van der Waals surface area contributed by atoms with Gasteiger partial charge in [-0.25, -0.2) is 4.39 Å². The molecule has 1 N–H and O–H groups in total. The van der Waals surface area contributed by atoms with Crippen LogP contribution in [0.25, 0.3) is 10.9 Å². The Bertz CT molecular complexity index is 760. The number of carbonyl (C=O) groups is 1. The van der Waals surface area contributed by atoms with Gasteiger partial charge in [-0.15, -0.1) is 0 Å². The van der Waals surface area contributed by atoms with Gasteiger partial charge in [-0.1, -0.05) is 0 Å². The zero-order chi connectivity index (χ0) is 14.1. The number of halogens is 1. The lowest BCUT2D eigenvalue weighted by atomic mass is 10.2. The maximum atomic E-state index is 13.2. The van der Waals surface area contributed by atoms with Gasteiger partial charge in [-0.2, -0.15) is 0 Å². The van der Waals surface area contributed by atoms with Crippen LogP contribution in [0.3, 0.4) is 0 Å². The van der Waals surface area contributed by atoms with E-state index in [2.05, 4.69) is 5.32 Å². The topological polar surface area (TPSA) is 47.2 Å². The maximum Gasteiger partial charge on any atom is 0.268 e. The molecule has 1 aromatic carbocycles. The standard InChI is InChI=1S/C15H13FN2O2/c1-18-13-8-11(16)5-4-10(13)7-14(18)15(19)17-9-12-3-2-6-20-12/h2-8H,9H2,1H3,(H,17,19). The van der Waals surface area contributed by atoms with Gasteiger partial charge >= 0.3 is 0 Å². The number of benzene rings is 1. The van der Waals surface area contributed by atoms with Crippen LogP contribution in [0.5, 0.6) is 0 Å². The molecule has 2 heterocycles. The number of fused-ring (bicyclic) bond motifs is 1. The van der Waals surface area contributed by atoms with Crippen molar-refractivity contribution in [1.82, 2.24) is 9.88 Å². The lowest BCUT2D eigenvalue weighted by Crippen LogP contribution is -2.24. The number of hydrogen-bond acceptors (Lipinski definition) is 2. The Morgan fingerprint density at radius 3 is 2.95 bits per heavy atom. The Hall–Kier alpha value is -2.56. The van der Waals surface area contributed by atoms with Gasteiger partial charge in [0.2, 0.25) is 0 Å². The summed E-state index contributed by atoms with van der Waals surface area (Å²) in [6.45, 7) is 0.321. The lowest BCUT2D eigenvalue weighted by molar-refractivity contribution is 0.0940. The van der Waals surface area contributed by atoms with Crippen LogP contribution in [-0.4, -0.2) is 10.5 Å². The van der Waals surface area contributed by atoms with Gasteiger partial charge in [-0.3, -0.25) is 4.79 Å². The van der Waals surface area contributed by atoms with E-state index in [1.807, 2.05) is 0 Å². The third kappa shape index (κ3) is 2.18. The Labute approximate surface area is 114 Å². The van der Waals surface area contributed by atoms with E-state index in [1.54, 1.807) is 42.1 Å². The van der Waals surface area contributed by atoms with E-state index in [1.165, 1.54) is 12.1 Å². The van der Waals surface area contributed by atoms with E-state index in [0.717, 1.165) is 5.39 Å². The summed E-state index contributed by atoms with van der Waals surface area (Å²) in [6.07, 6.45) is 1.56.